The van der Waals surface area contributed by atoms with Gasteiger partial charge in [-0.3, -0.25) is 0 Å². The van der Waals surface area contributed by atoms with Gasteiger partial charge in [-0.1, -0.05) is 62.4 Å². The minimum absolute atomic E-state index is 0.00696. The molecular weight excluding hydrogens is 360 g/mol. The minimum atomic E-state index is -0.950. The molecule has 0 aliphatic carbocycles. The van der Waals surface area contributed by atoms with Crippen molar-refractivity contribution >= 4 is 22.8 Å². The number of ether oxygens (including phenoxy) is 1. The molecule has 150 valence electrons. The first-order valence-electron chi connectivity index (χ1n) is 9.84. The number of fused-ring (bicyclic) bond motifs is 1. The van der Waals surface area contributed by atoms with Gasteiger partial charge < -0.3 is 9.84 Å². The number of carboxylic acid groups (broad SMARTS) is 1. The molecule has 3 aromatic carbocycles. The fourth-order valence-electron chi connectivity index (χ4n) is 3.99. The Morgan fingerprint density at radius 1 is 0.931 bits per heavy atom. The highest BCUT2D eigenvalue weighted by Gasteiger charge is 2.31. The van der Waals surface area contributed by atoms with Crippen molar-refractivity contribution in [2.45, 2.75) is 45.1 Å². The first-order chi connectivity index (χ1) is 13.6. The van der Waals surface area contributed by atoms with Crippen molar-refractivity contribution in [3.8, 4) is 5.75 Å². The number of benzene rings is 3. The molecule has 0 saturated heterocycles. The van der Waals surface area contributed by atoms with Crippen molar-refractivity contribution in [3.05, 3.63) is 83.9 Å². The van der Waals surface area contributed by atoms with E-state index in [9.17, 15) is 4.79 Å². The van der Waals surface area contributed by atoms with Crippen molar-refractivity contribution < 1.29 is 14.6 Å². The second-order valence-corrected chi connectivity index (χ2v) is 8.73. The summed E-state index contributed by atoms with van der Waals surface area (Å²) in [6, 6.07) is 22.4. The first-order valence-corrected chi connectivity index (χ1v) is 9.84. The highest BCUT2D eigenvalue weighted by atomic mass is 16.5. The van der Waals surface area contributed by atoms with Crippen molar-refractivity contribution in [1.29, 1.82) is 0 Å². The third-order valence-corrected chi connectivity index (χ3v) is 5.07. The van der Waals surface area contributed by atoms with Crippen molar-refractivity contribution in [2.75, 3.05) is 0 Å². The average molecular weight is 389 g/mol. The summed E-state index contributed by atoms with van der Waals surface area (Å²) in [5.74, 6) is -0.116. The molecule has 0 aliphatic heterocycles. The van der Waals surface area contributed by atoms with Crippen LogP contribution < -0.4 is 4.74 Å². The summed E-state index contributed by atoms with van der Waals surface area (Å²) < 4.78 is 6.38. The van der Waals surface area contributed by atoms with E-state index in [1.54, 1.807) is 6.08 Å². The van der Waals surface area contributed by atoms with Gasteiger partial charge in [0.05, 0.1) is 0 Å². The lowest BCUT2D eigenvalue weighted by Crippen LogP contribution is -2.36. The molecule has 3 aromatic rings. The number of carboxylic acids is 1. The maximum absolute atomic E-state index is 10.7. The van der Waals surface area contributed by atoms with Crippen LogP contribution in [-0.4, -0.2) is 16.7 Å². The number of carbonyl (C=O) groups is 1. The van der Waals surface area contributed by atoms with E-state index in [0.29, 0.717) is 0 Å². The summed E-state index contributed by atoms with van der Waals surface area (Å²) >= 11 is 0. The third-order valence-electron chi connectivity index (χ3n) is 5.07. The van der Waals surface area contributed by atoms with Gasteiger partial charge in [0.2, 0.25) is 0 Å². The second-order valence-electron chi connectivity index (χ2n) is 8.73. The third kappa shape index (κ3) is 5.47. The second kappa shape index (κ2) is 8.12. The van der Waals surface area contributed by atoms with E-state index in [2.05, 4.69) is 52.0 Å². The molecule has 0 heterocycles. The summed E-state index contributed by atoms with van der Waals surface area (Å²) in [5, 5.41) is 10.9. The minimum Gasteiger partial charge on any atom is -0.488 e. The molecule has 0 aliphatic rings. The lowest BCUT2D eigenvalue weighted by molar-refractivity contribution is -0.131. The van der Waals surface area contributed by atoms with E-state index < -0.39 is 5.97 Å². The van der Waals surface area contributed by atoms with E-state index in [0.717, 1.165) is 34.6 Å². The van der Waals surface area contributed by atoms with Gasteiger partial charge in [0.25, 0.3) is 0 Å². The Kier molecular flexibility index (Phi) is 5.78. The molecule has 3 heteroatoms. The van der Waals surface area contributed by atoms with Gasteiger partial charge in [-0.15, -0.1) is 0 Å². The maximum atomic E-state index is 10.7. The lowest BCUT2D eigenvalue weighted by Gasteiger charge is -2.36. The van der Waals surface area contributed by atoms with Crippen molar-refractivity contribution in [1.82, 2.24) is 0 Å². The molecule has 0 fully saturated rings. The van der Waals surface area contributed by atoms with E-state index in [4.69, 9.17) is 9.84 Å². The molecular formula is C26H28O3. The molecule has 0 bridgehead atoms. The standard InChI is InChI=1S/C26H28O3/c1-25(2,22-8-6-5-7-9-22)18-26(3,4)29-23-14-13-20-16-19(11-15-24(27)28)10-12-21(20)17-23/h5-17H,18H2,1-4H3,(H,27,28)/b15-11+. The zero-order chi connectivity index (χ0) is 21.1. The highest BCUT2D eigenvalue weighted by Crippen LogP contribution is 2.35. The average Bonchev–Trinajstić information content (AvgIpc) is 2.65. The smallest absolute Gasteiger partial charge is 0.328 e. The number of rotatable bonds is 7. The fourth-order valence-corrected chi connectivity index (χ4v) is 3.99. The Hall–Kier alpha value is -3.07. The van der Waals surface area contributed by atoms with Crippen molar-refractivity contribution in [2.24, 2.45) is 0 Å². The van der Waals surface area contributed by atoms with Crippen LogP contribution in [0.25, 0.3) is 16.8 Å². The molecule has 0 amide bonds. The van der Waals surface area contributed by atoms with Crippen molar-refractivity contribution in [3.63, 3.8) is 0 Å². The monoisotopic (exact) mass is 388 g/mol. The normalized spacial score (nSPS) is 12.4. The lowest BCUT2D eigenvalue weighted by atomic mass is 9.76. The van der Waals surface area contributed by atoms with Crippen LogP contribution in [0, 0.1) is 0 Å². The predicted octanol–water partition coefficient (Wildman–Crippen LogP) is 6.46. The molecule has 0 spiro atoms. The Morgan fingerprint density at radius 3 is 2.28 bits per heavy atom. The topological polar surface area (TPSA) is 46.5 Å². The largest absolute Gasteiger partial charge is 0.488 e. The Bertz CT molecular complexity index is 1030. The molecule has 0 aromatic heterocycles. The summed E-state index contributed by atoms with van der Waals surface area (Å²) in [6.07, 6.45) is 3.62. The Balaban J connectivity index is 1.78. The van der Waals surface area contributed by atoms with Gasteiger partial charge in [0.15, 0.2) is 0 Å². The van der Waals surface area contributed by atoms with Crippen LogP contribution in [-0.2, 0) is 10.2 Å². The van der Waals surface area contributed by atoms with E-state index >= 15 is 0 Å². The van der Waals surface area contributed by atoms with Crippen LogP contribution >= 0.6 is 0 Å². The van der Waals surface area contributed by atoms with E-state index in [1.807, 2.05) is 42.5 Å². The fraction of sp³-hybridized carbons (Fsp3) is 0.269. The van der Waals surface area contributed by atoms with Crippen LogP contribution in [0.5, 0.6) is 5.75 Å². The van der Waals surface area contributed by atoms with Gasteiger partial charge in [-0.25, -0.2) is 4.79 Å². The molecule has 0 radical (unpaired) electrons. The number of hydrogen-bond acceptors (Lipinski definition) is 2. The van der Waals surface area contributed by atoms with Gasteiger partial charge in [0.1, 0.15) is 11.4 Å². The Labute approximate surface area is 172 Å². The quantitative estimate of drug-likeness (QED) is 0.472. The Morgan fingerprint density at radius 2 is 1.59 bits per heavy atom. The van der Waals surface area contributed by atoms with Crippen LogP contribution in [0.4, 0.5) is 0 Å². The summed E-state index contributed by atoms with van der Waals surface area (Å²) in [7, 11) is 0. The molecule has 1 N–H and O–H groups in total. The van der Waals surface area contributed by atoms with Crippen LogP contribution in [0.1, 0.15) is 45.2 Å². The molecule has 3 nitrogen and oxygen atoms in total. The zero-order valence-electron chi connectivity index (χ0n) is 17.5. The van der Waals surface area contributed by atoms with E-state index in [1.165, 1.54) is 5.56 Å². The number of hydrogen-bond donors (Lipinski definition) is 1. The highest BCUT2D eigenvalue weighted by molar-refractivity contribution is 5.89. The summed E-state index contributed by atoms with van der Waals surface area (Å²) in [6.45, 7) is 8.75. The van der Waals surface area contributed by atoms with Crippen LogP contribution in [0.3, 0.4) is 0 Å². The summed E-state index contributed by atoms with van der Waals surface area (Å²) in [5.41, 5.74) is 1.82. The SMILES string of the molecule is CC(C)(CC(C)(C)c1ccccc1)Oc1ccc2cc(/C=C/C(=O)O)ccc2c1. The van der Waals surface area contributed by atoms with Crippen LogP contribution in [0.15, 0.2) is 72.8 Å². The van der Waals surface area contributed by atoms with Gasteiger partial charge in [0, 0.05) is 6.08 Å². The van der Waals surface area contributed by atoms with Gasteiger partial charge in [-0.05, 0) is 71.9 Å². The van der Waals surface area contributed by atoms with Gasteiger partial charge >= 0.3 is 5.97 Å². The first kappa shape index (κ1) is 20.7. The van der Waals surface area contributed by atoms with E-state index in [-0.39, 0.29) is 11.0 Å². The molecule has 29 heavy (non-hydrogen) atoms. The van der Waals surface area contributed by atoms with Gasteiger partial charge in [-0.2, -0.15) is 0 Å². The zero-order valence-corrected chi connectivity index (χ0v) is 17.5. The molecule has 0 saturated carbocycles. The molecule has 3 rings (SSSR count). The predicted molar refractivity (Wildman–Crippen MR) is 119 cm³/mol. The molecule has 0 atom stereocenters. The molecule has 0 unspecified atom stereocenters. The number of aliphatic carboxylic acids is 1. The summed E-state index contributed by atoms with van der Waals surface area (Å²) in [4.78, 5) is 10.7. The van der Waals surface area contributed by atoms with Crippen LogP contribution in [0.2, 0.25) is 0 Å². The maximum Gasteiger partial charge on any atom is 0.328 e.